The molecule has 0 saturated carbocycles. The molecule has 1 heterocycles. The largest absolute Gasteiger partial charge is 0.489 e. The summed E-state index contributed by atoms with van der Waals surface area (Å²) < 4.78 is 32.5. The van der Waals surface area contributed by atoms with Crippen molar-refractivity contribution in [2.24, 2.45) is 0 Å². The summed E-state index contributed by atoms with van der Waals surface area (Å²) in [6.45, 7) is -0.413. The second-order valence-corrected chi connectivity index (χ2v) is 8.27. The zero-order valence-corrected chi connectivity index (χ0v) is 18.5. The maximum atomic E-state index is 13.7. The van der Waals surface area contributed by atoms with Gasteiger partial charge in [0.15, 0.2) is 0 Å². The van der Waals surface area contributed by atoms with E-state index in [2.05, 4.69) is 5.32 Å². The molecule has 4 rings (SSSR count). The van der Waals surface area contributed by atoms with Crippen molar-refractivity contribution in [1.29, 1.82) is 0 Å². The van der Waals surface area contributed by atoms with Gasteiger partial charge in [-0.25, -0.2) is 8.78 Å². The van der Waals surface area contributed by atoms with Crippen LogP contribution in [-0.2, 0) is 16.2 Å². The summed E-state index contributed by atoms with van der Waals surface area (Å²) >= 11 is 0.726. The molecule has 1 aliphatic rings. The van der Waals surface area contributed by atoms with Gasteiger partial charge in [-0.15, -0.1) is 0 Å². The van der Waals surface area contributed by atoms with Crippen molar-refractivity contribution in [3.8, 4) is 5.75 Å². The standard InChI is InChI=1S/C25H18F2N2O4S/c26-18-5-3-6-19(13-18)28-23(30)14-29-24(31)22(34-25(29)32)12-16-8-10-20(11-9-16)33-15-17-4-1-2-7-21(17)27/h1-13H,14-15H2,(H,28,30)/b22-12+. The van der Waals surface area contributed by atoms with Gasteiger partial charge in [-0.3, -0.25) is 19.3 Å². The molecule has 3 amide bonds. The Balaban J connectivity index is 1.36. The minimum Gasteiger partial charge on any atom is -0.489 e. The summed E-state index contributed by atoms with van der Waals surface area (Å²) in [5.74, 6) is -1.56. The molecule has 0 radical (unpaired) electrons. The number of carbonyl (C=O) groups excluding carboxylic acids is 3. The van der Waals surface area contributed by atoms with Crippen LogP contribution in [0.3, 0.4) is 0 Å². The molecule has 172 valence electrons. The van der Waals surface area contributed by atoms with Crippen molar-refractivity contribution in [3.05, 3.63) is 100 Å². The van der Waals surface area contributed by atoms with Crippen molar-refractivity contribution in [2.75, 3.05) is 11.9 Å². The number of nitrogens with zero attached hydrogens (tertiary/aromatic N) is 1. The van der Waals surface area contributed by atoms with E-state index >= 15 is 0 Å². The Morgan fingerprint density at radius 2 is 1.76 bits per heavy atom. The Morgan fingerprint density at radius 3 is 2.50 bits per heavy atom. The van der Waals surface area contributed by atoms with Gasteiger partial charge >= 0.3 is 0 Å². The summed E-state index contributed by atoms with van der Waals surface area (Å²) in [7, 11) is 0. The number of rotatable bonds is 7. The van der Waals surface area contributed by atoms with Crippen molar-refractivity contribution in [1.82, 2.24) is 4.90 Å². The molecule has 0 atom stereocenters. The van der Waals surface area contributed by atoms with Crippen molar-refractivity contribution >= 4 is 40.6 Å². The molecule has 1 N–H and O–H groups in total. The average molecular weight is 480 g/mol. The molecule has 1 saturated heterocycles. The zero-order chi connectivity index (χ0) is 24.1. The van der Waals surface area contributed by atoms with Gasteiger partial charge in [0.2, 0.25) is 5.91 Å². The maximum absolute atomic E-state index is 13.7. The fraction of sp³-hybridized carbons (Fsp3) is 0.0800. The summed E-state index contributed by atoms with van der Waals surface area (Å²) in [4.78, 5) is 38.1. The fourth-order valence-corrected chi connectivity index (χ4v) is 3.97. The summed E-state index contributed by atoms with van der Waals surface area (Å²) in [5.41, 5.74) is 1.31. The number of imide groups is 1. The first-order chi connectivity index (χ1) is 16.4. The molecule has 9 heteroatoms. The number of amides is 3. The first-order valence-electron chi connectivity index (χ1n) is 10.2. The van der Waals surface area contributed by atoms with E-state index in [-0.39, 0.29) is 23.0 Å². The summed E-state index contributed by atoms with van der Waals surface area (Å²) in [6.07, 6.45) is 1.54. The number of ether oxygens (including phenoxy) is 1. The van der Waals surface area contributed by atoms with Crippen LogP contribution < -0.4 is 10.1 Å². The van der Waals surface area contributed by atoms with E-state index in [9.17, 15) is 23.2 Å². The first-order valence-corrected chi connectivity index (χ1v) is 11.0. The van der Waals surface area contributed by atoms with Crippen LogP contribution in [-0.4, -0.2) is 28.5 Å². The van der Waals surface area contributed by atoms with E-state index in [0.29, 0.717) is 16.9 Å². The van der Waals surface area contributed by atoms with Crippen molar-refractivity contribution < 1.29 is 27.9 Å². The molecular formula is C25H18F2N2O4S. The van der Waals surface area contributed by atoms with Crippen LogP contribution in [0.4, 0.5) is 19.3 Å². The molecule has 0 spiro atoms. The molecule has 0 aromatic heterocycles. The van der Waals surface area contributed by atoms with Crippen LogP contribution in [0.25, 0.3) is 6.08 Å². The summed E-state index contributed by atoms with van der Waals surface area (Å²) in [5, 5.41) is 1.88. The van der Waals surface area contributed by atoms with Gasteiger partial charge in [-0.2, -0.15) is 0 Å². The van der Waals surface area contributed by atoms with E-state index in [1.54, 1.807) is 42.5 Å². The van der Waals surface area contributed by atoms with Crippen LogP contribution in [0.5, 0.6) is 5.75 Å². The van der Waals surface area contributed by atoms with Gasteiger partial charge < -0.3 is 10.1 Å². The van der Waals surface area contributed by atoms with Crippen LogP contribution in [0.1, 0.15) is 11.1 Å². The highest BCUT2D eigenvalue weighted by atomic mass is 32.2. The Hall–Kier alpha value is -3.98. The third kappa shape index (κ3) is 5.68. The molecule has 1 aliphatic heterocycles. The number of hydrogen-bond acceptors (Lipinski definition) is 5. The predicted octanol–water partition coefficient (Wildman–Crippen LogP) is 5.22. The van der Waals surface area contributed by atoms with Gasteiger partial charge in [0.25, 0.3) is 11.1 Å². The van der Waals surface area contributed by atoms with Gasteiger partial charge in [-0.1, -0.05) is 36.4 Å². The third-order valence-electron chi connectivity index (χ3n) is 4.81. The predicted molar refractivity (Wildman–Crippen MR) is 125 cm³/mol. The van der Waals surface area contributed by atoms with Crippen LogP contribution in [0.2, 0.25) is 0 Å². The van der Waals surface area contributed by atoms with Gasteiger partial charge in [0, 0.05) is 11.3 Å². The number of halogens is 2. The van der Waals surface area contributed by atoms with Gasteiger partial charge in [0.1, 0.15) is 30.5 Å². The lowest BCUT2D eigenvalue weighted by Crippen LogP contribution is -2.36. The molecule has 3 aromatic rings. The Bertz CT molecular complexity index is 1280. The fourth-order valence-electron chi connectivity index (χ4n) is 3.13. The highest BCUT2D eigenvalue weighted by Crippen LogP contribution is 2.32. The molecule has 34 heavy (non-hydrogen) atoms. The van der Waals surface area contributed by atoms with Crippen LogP contribution in [0, 0.1) is 11.6 Å². The minimum absolute atomic E-state index is 0.0720. The Labute approximate surface area is 198 Å². The van der Waals surface area contributed by atoms with E-state index in [4.69, 9.17) is 4.74 Å². The number of nitrogens with one attached hydrogen (secondary N) is 1. The van der Waals surface area contributed by atoms with Crippen molar-refractivity contribution in [2.45, 2.75) is 6.61 Å². The third-order valence-corrected chi connectivity index (χ3v) is 5.72. The minimum atomic E-state index is -0.620. The lowest BCUT2D eigenvalue weighted by Gasteiger charge is -2.12. The lowest BCUT2D eigenvalue weighted by molar-refractivity contribution is -0.127. The first kappa shape index (κ1) is 23.2. The van der Waals surface area contributed by atoms with E-state index < -0.39 is 29.4 Å². The highest BCUT2D eigenvalue weighted by Gasteiger charge is 2.36. The van der Waals surface area contributed by atoms with E-state index in [1.807, 2.05) is 0 Å². The van der Waals surface area contributed by atoms with E-state index in [0.717, 1.165) is 22.7 Å². The number of carbonyl (C=O) groups is 3. The van der Waals surface area contributed by atoms with Crippen LogP contribution >= 0.6 is 11.8 Å². The Morgan fingerprint density at radius 1 is 1.00 bits per heavy atom. The molecule has 6 nitrogen and oxygen atoms in total. The lowest BCUT2D eigenvalue weighted by atomic mass is 10.2. The topological polar surface area (TPSA) is 75.7 Å². The maximum Gasteiger partial charge on any atom is 0.294 e. The van der Waals surface area contributed by atoms with E-state index in [1.165, 1.54) is 30.3 Å². The average Bonchev–Trinajstić information content (AvgIpc) is 3.07. The zero-order valence-electron chi connectivity index (χ0n) is 17.7. The second-order valence-electron chi connectivity index (χ2n) is 7.28. The molecule has 0 bridgehead atoms. The van der Waals surface area contributed by atoms with Crippen LogP contribution in [0.15, 0.2) is 77.7 Å². The molecule has 0 aliphatic carbocycles. The second kappa shape index (κ2) is 10.3. The quantitative estimate of drug-likeness (QED) is 0.470. The Kier molecular flexibility index (Phi) is 7.03. The summed E-state index contributed by atoms with van der Waals surface area (Å²) in [6, 6.07) is 18.4. The molecule has 0 unspecified atom stereocenters. The number of anilines is 1. The number of hydrogen-bond donors (Lipinski definition) is 1. The normalized spacial score (nSPS) is 14.5. The number of benzene rings is 3. The number of thioether (sulfide) groups is 1. The SMILES string of the molecule is O=C(CN1C(=O)S/C(=C/c2ccc(OCc3ccccc3F)cc2)C1=O)Nc1cccc(F)c1. The monoisotopic (exact) mass is 480 g/mol. The van der Waals surface area contributed by atoms with Gasteiger partial charge in [0.05, 0.1) is 4.91 Å². The molecule has 3 aromatic carbocycles. The highest BCUT2D eigenvalue weighted by molar-refractivity contribution is 8.18. The smallest absolute Gasteiger partial charge is 0.294 e. The van der Waals surface area contributed by atoms with Gasteiger partial charge in [-0.05, 0) is 59.8 Å². The van der Waals surface area contributed by atoms with Crippen molar-refractivity contribution in [3.63, 3.8) is 0 Å². The molecule has 1 fully saturated rings. The molecular weight excluding hydrogens is 462 g/mol.